The van der Waals surface area contributed by atoms with E-state index >= 15 is 0 Å². The number of carbonyl (C=O) groups excluding carboxylic acids is 5. The van der Waals surface area contributed by atoms with E-state index < -0.39 is 0 Å². The second-order valence-corrected chi connectivity index (χ2v) is 24.8. The van der Waals surface area contributed by atoms with E-state index in [-0.39, 0.29) is 29.8 Å². The molecule has 0 N–H and O–H groups in total. The third-order valence-corrected chi connectivity index (χ3v) is 14.9. The fourth-order valence-electron chi connectivity index (χ4n) is 9.00. The average Bonchev–Trinajstić information content (AvgIpc) is 3.51. The van der Waals surface area contributed by atoms with Gasteiger partial charge in [0.05, 0.1) is 33.0 Å². The van der Waals surface area contributed by atoms with Gasteiger partial charge in [0, 0.05) is 27.9 Å². The molecule has 0 spiro atoms. The van der Waals surface area contributed by atoms with Gasteiger partial charge in [-0.25, -0.2) is 24.0 Å². The van der Waals surface area contributed by atoms with Crippen LogP contribution in [0, 0.1) is 0 Å². The zero-order valence-corrected chi connectivity index (χ0v) is 60.1. The van der Waals surface area contributed by atoms with Crippen molar-refractivity contribution in [1.29, 1.82) is 0 Å². The first kappa shape index (κ1) is 92.8. The SMILES string of the molecule is C=C(C)C(=O)OCCCC.C=C(C)C(=O)OCCCCCCCCCCCC.C=C(C)C(=O)OCCCCCCCCCCCCC.C=C(C)C(=O)OCCCCCCCCCCCCCC.C=C(C)C(=O)OCCCCCCCCCCCCCCC. The lowest BCUT2D eigenvalue weighted by molar-refractivity contribution is -0.139. The molecule has 0 amide bonds. The van der Waals surface area contributed by atoms with Gasteiger partial charge in [-0.05, 0) is 66.7 Å². The Bertz CT molecular complexity index is 1630. The van der Waals surface area contributed by atoms with Gasteiger partial charge < -0.3 is 23.7 Å². The summed E-state index contributed by atoms with van der Waals surface area (Å²) in [6.45, 7) is 39.9. The highest BCUT2D eigenvalue weighted by atomic mass is 16.5. The molecule has 0 aliphatic heterocycles. The lowest BCUT2D eigenvalue weighted by atomic mass is 10.0. The lowest BCUT2D eigenvalue weighted by Crippen LogP contribution is -2.05. The summed E-state index contributed by atoms with van der Waals surface area (Å²) in [7, 11) is 0. The molecular weight excluding hydrogens is 1100 g/mol. The third-order valence-electron chi connectivity index (χ3n) is 14.9. The highest BCUT2D eigenvalue weighted by Gasteiger charge is 2.06. The van der Waals surface area contributed by atoms with Crippen LogP contribution < -0.4 is 0 Å². The summed E-state index contributed by atoms with van der Waals surface area (Å²) in [5.41, 5.74) is 2.43. The topological polar surface area (TPSA) is 132 Å². The number of rotatable bonds is 58. The molecule has 0 unspecified atom stereocenters. The Kier molecular flexibility index (Phi) is 83.4. The van der Waals surface area contributed by atoms with E-state index in [0.29, 0.717) is 60.9 Å². The van der Waals surface area contributed by atoms with E-state index in [4.69, 9.17) is 23.7 Å². The number of ether oxygens (including phenoxy) is 5. The highest BCUT2D eigenvalue weighted by molar-refractivity contribution is 5.88. The molecule has 0 aliphatic carbocycles. The fourth-order valence-corrected chi connectivity index (χ4v) is 9.00. The fraction of sp³-hybridized carbons (Fsp3) is 0.808. The van der Waals surface area contributed by atoms with Crippen molar-refractivity contribution < 1.29 is 47.7 Å². The van der Waals surface area contributed by atoms with E-state index in [0.717, 1.165) is 38.5 Å². The molecule has 0 rings (SSSR count). The van der Waals surface area contributed by atoms with Crippen LogP contribution >= 0.6 is 0 Å². The van der Waals surface area contributed by atoms with Crippen LogP contribution in [0.25, 0.3) is 0 Å². The maximum absolute atomic E-state index is 11.1. The first-order valence-corrected chi connectivity index (χ1v) is 36.5. The average molecular weight is 1240 g/mol. The molecule has 0 radical (unpaired) electrons. The minimum atomic E-state index is -0.284. The van der Waals surface area contributed by atoms with Crippen LogP contribution in [0.3, 0.4) is 0 Å². The highest BCUT2D eigenvalue weighted by Crippen LogP contribution is 2.16. The minimum absolute atomic E-state index is 0.256. The van der Waals surface area contributed by atoms with E-state index in [1.807, 2.05) is 0 Å². The molecule has 0 saturated heterocycles. The van der Waals surface area contributed by atoms with Crippen LogP contribution in [0.15, 0.2) is 60.8 Å². The van der Waals surface area contributed by atoms with Crippen LogP contribution in [-0.2, 0) is 47.7 Å². The van der Waals surface area contributed by atoms with Crippen LogP contribution in [0.4, 0.5) is 0 Å². The molecule has 0 aromatic rings. The quantitative estimate of drug-likeness (QED) is 0.0251. The van der Waals surface area contributed by atoms with Gasteiger partial charge in [-0.1, -0.05) is 344 Å². The van der Waals surface area contributed by atoms with Crippen molar-refractivity contribution in [2.75, 3.05) is 33.0 Å². The van der Waals surface area contributed by atoms with E-state index in [1.54, 1.807) is 34.6 Å². The maximum Gasteiger partial charge on any atom is 0.333 e. The predicted octanol–water partition coefficient (Wildman–Crippen LogP) is 24.4. The van der Waals surface area contributed by atoms with Gasteiger partial charge in [-0.2, -0.15) is 0 Å². The van der Waals surface area contributed by atoms with Gasteiger partial charge in [0.2, 0.25) is 0 Å². The Hall–Kier alpha value is -3.95. The Balaban J connectivity index is -0.000000331. The standard InChI is InChI=1S/C19H36O2.C18H34O2.C17H32O2.C16H30O2.C8H14O2/c1-4-5-6-7-8-9-10-11-12-13-14-15-16-17-21-19(20)18(2)3;1-4-5-6-7-8-9-10-11-12-13-14-15-16-20-18(19)17(2)3;1-4-5-6-7-8-9-10-11-12-13-14-15-19-17(18)16(2)3;1-4-5-6-7-8-9-10-11-12-13-14-18-16(17)15(2)3;1-4-5-6-10-8(9)7(2)3/h2,4-17H2,1,3H3;2,4-16H2,1,3H3;2,4-15H2,1,3H3;2,4-14H2,1,3H3;2,4-6H2,1,3H3. The van der Waals surface area contributed by atoms with Gasteiger partial charge in [-0.3, -0.25) is 0 Å². The van der Waals surface area contributed by atoms with Crippen molar-refractivity contribution in [1.82, 2.24) is 0 Å². The second kappa shape index (κ2) is 79.1. The van der Waals surface area contributed by atoms with Gasteiger partial charge in [-0.15, -0.1) is 0 Å². The van der Waals surface area contributed by atoms with Gasteiger partial charge in [0.25, 0.3) is 0 Å². The summed E-state index contributed by atoms with van der Waals surface area (Å²) in [5.74, 6) is -1.31. The van der Waals surface area contributed by atoms with E-state index in [2.05, 4.69) is 67.5 Å². The van der Waals surface area contributed by atoms with Crippen molar-refractivity contribution in [3.8, 4) is 0 Å². The number of esters is 5. The summed E-state index contributed by atoms with van der Waals surface area (Å²) in [6, 6.07) is 0. The summed E-state index contributed by atoms with van der Waals surface area (Å²) >= 11 is 0. The Morgan fingerprint density at radius 3 is 0.398 bits per heavy atom. The summed E-state index contributed by atoms with van der Waals surface area (Å²) < 4.78 is 25.0. The van der Waals surface area contributed by atoms with Crippen molar-refractivity contribution in [2.45, 2.75) is 377 Å². The number of carbonyl (C=O) groups is 5. The smallest absolute Gasteiger partial charge is 0.333 e. The zero-order chi connectivity index (χ0) is 66.8. The van der Waals surface area contributed by atoms with Crippen molar-refractivity contribution in [3.63, 3.8) is 0 Å². The van der Waals surface area contributed by atoms with Crippen LogP contribution in [0.1, 0.15) is 377 Å². The Labute approximate surface area is 546 Å². The third kappa shape index (κ3) is 86.3. The number of hydrogen-bond donors (Lipinski definition) is 0. The molecule has 0 aromatic carbocycles. The molecule has 0 bridgehead atoms. The molecule has 10 heteroatoms. The van der Waals surface area contributed by atoms with Crippen molar-refractivity contribution >= 4 is 29.8 Å². The van der Waals surface area contributed by atoms with Crippen molar-refractivity contribution in [3.05, 3.63) is 60.8 Å². The molecule has 518 valence electrons. The molecule has 0 aromatic heterocycles. The molecule has 0 atom stereocenters. The molecule has 88 heavy (non-hydrogen) atoms. The number of hydrogen-bond acceptors (Lipinski definition) is 10. The Morgan fingerprint density at radius 1 is 0.182 bits per heavy atom. The predicted molar refractivity (Wildman–Crippen MR) is 379 cm³/mol. The van der Waals surface area contributed by atoms with Crippen LogP contribution in [0.5, 0.6) is 0 Å². The first-order chi connectivity index (χ1) is 42.4. The van der Waals surface area contributed by atoms with Gasteiger partial charge in [0.15, 0.2) is 0 Å². The summed E-state index contributed by atoms with van der Waals surface area (Å²) in [4.78, 5) is 55.1. The molecule has 0 fully saturated rings. The summed E-state index contributed by atoms with van der Waals surface area (Å²) in [5, 5.41) is 0. The van der Waals surface area contributed by atoms with Crippen molar-refractivity contribution in [2.24, 2.45) is 0 Å². The monoisotopic (exact) mass is 1240 g/mol. The molecule has 0 aliphatic rings. The lowest BCUT2D eigenvalue weighted by Gasteiger charge is -2.04. The molecule has 0 saturated carbocycles. The summed E-state index contributed by atoms with van der Waals surface area (Å²) in [6.07, 6.45) is 62.5. The zero-order valence-electron chi connectivity index (χ0n) is 60.1. The van der Waals surface area contributed by atoms with E-state index in [1.165, 1.54) is 270 Å². The van der Waals surface area contributed by atoms with Gasteiger partial charge in [0.1, 0.15) is 0 Å². The van der Waals surface area contributed by atoms with E-state index in [9.17, 15) is 24.0 Å². The van der Waals surface area contributed by atoms with Gasteiger partial charge >= 0.3 is 29.8 Å². The maximum atomic E-state index is 11.1. The molecule has 10 nitrogen and oxygen atoms in total. The Morgan fingerprint density at radius 2 is 0.284 bits per heavy atom. The number of unbranched alkanes of at least 4 members (excludes halogenated alkanes) is 43. The minimum Gasteiger partial charge on any atom is -0.462 e. The molecular formula is C78H146O10. The van der Waals surface area contributed by atoms with Crippen LogP contribution in [0.2, 0.25) is 0 Å². The molecule has 0 heterocycles. The van der Waals surface area contributed by atoms with Crippen LogP contribution in [-0.4, -0.2) is 62.9 Å². The normalized spacial score (nSPS) is 10.3. The first-order valence-electron chi connectivity index (χ1n) is 36.5. The second-order valence-electron chi connectivity index (χ2n) is 24.8. The largest absolute Gasteiger partial charge is 0.462 e.